The normalized spacial score (nSPS) is 13.1. The molecule has 3 amide bonds. The minimum Gasteiger partial charge on any atom is -0.326 e. The lowest BCUT2D eigenvalue weighted by atomic mass is 10.1. The number of hydrogen-bond acceptors (Lipinski definition) is 3. The van der Waals surface area contributed by atoms with Gasteiger partial charge in [-0.15, -0.1) is 0 Å². The predicted octanol–water partition coefficient (Wildman–Crippen LogP) is 4.27. The third-order valence-corrected chi connectivity index (χ3v) is 4.36. The van der Waals surface area contributed by atoms with Crippen LogP contribution in [-0.4, -0.2) is 17.7 Å². The third kappa shape index (κ3) is 5.67. The largest absolute Gasteiger partial charge is 0.326 e. The van der Waals surface area contributed by atoms with Crippen molar-refractivity contribution in [3.8, 4) is 0 Å². The Morgan fingerprint density at radius 2 is 1.54 bits per heavy atom. The van der Waals surface area contributed by atoms with Crippen LogP contribution in [0.2, 0.25) is 0 Å². The number of nitrogens with one attached hydrogen (secondary N) is 3. The van der Waals surface area contributed by atoms with Crippen LogP contribution in [0.15, 0.2) is 48.5 Å². The maximum atomic E-state index is 12.5. The molecule has 3 rings (SSSR count). The molecule has 0 aliphatic heterocycles. The van der Waals surface area contributed by atoms with Crippen LogP contribution in [0, 0.1) is 11.8 Å². The van der Waals surface area contributed by atoms with Crippen LogP contribution in [0.4, 0.5) is 17.1 Å². The van der Waals surface area contributed by atoms with Crippen molar-refractivity contribution in [1.29, 1.82) is 0 Å². The van der Waals surface area contributed by atoms with E-state index in [1.807, 2.05) is 13.8 Å². The van der Waals surface area contributed by atoms with Crippen molar-refractivity contribution in [2.24, 2.45) is 11.8 Å². The summed E-state index contributed by atoms with van der Waals surface area (Å²) in [4.78, 5) is 36.2. The monoisotopic (exact) mass is 379 g/mol. The first-order chi connectivity index (χ1) is 13.4. The first kappa shape index (κ1) is 19.6. The molecule has 0 spiro atoms. The Bertz CT molecular complexity index is 871. The number of carbonyl (C=O) groups excluding carboxylic acids is 3. The van der Waals surface area contributed by atoms with Crippen LogP contribution in [-0.2, 0) is 9.59 Å². The maximum Gasteiger partial charge on any atom is 0.255 e. The zero-order valence-corrected chi connectivity index (χ0v) is 16.1. The molecule has 2 aromatic rings. The van der Waals surface area contributed by atoms with E-state index in [1.165, 1.54) is 0 Å². The molecule has 1 saturated carbocycles. The van der Waals surface area contributed by atoms with E-state index < -0.39 is 0 Å². The molecule has 146 valence electrons. The summed E-state index contributed by atoms with van der Waals surface area (Å²) in [5, 5.41) is 8.50. The number of rotatable bonds is 7. The molecule has 2 aromatic carbocycles. The molecule has 1 aliphatic rings. The Balaban J connectivity index is 1.58. The summed E-state index contributed by atoms with van der Waals surface area (Å²) in [6.45, 7) is 3.98. The van der Waals surface area contributed by atoms with Crippen LogP contribution in [0.5, 0.6) is 0 Å². The molecule has 28 heavy (non-hydrogen) atoms. The van der Waals surface area contributed by atoms with Gasteiger partial charge in [-0.25, -0.2) is 0 Å². The van der Waals surface area contributed by atoms with E-state index in [0.29, 0.717) is 35.0 Å². The summed E-state index contributed by atoms with van der Waals surface area (Å²) >= 11 is 0. The van der Waals surface area contributed by atoms with Crippen LogP contribution in [0.25, 0.3) is 0 Å². The van der Waals surface area contributed by atoms with Gasteiger partial charge in [0.15, 0.2) is 0 Å². The average molecular weight is 379 g/mol. The molecule has 0 radical (unpaired) electrons. The molecule has 0 bridgehead atoms. The number of benzene rings is 2. The Kier molecular flexibility index (Phi) is 6.09. The van der Waals surface area contributed by atoms with E-state index in [-0.39, 0.29) is 23.6 Å². The number of amides is 3. The lowest BCUT2D eigenvalue weighted by molar-refractivity contribution is -0.117. The maximum absolute atomic E-state index is 12.5. The highest BCUT2D eigenvalue weighted by Crippen LogP contribution is 2.30. The van der Waals surface area contributed by atoms with Gasteiger partial charge in [-0.2, -0.15) is 0 Å². The van der Waals surface area contributed by atoms with Crippen LogP contribution in [0.1, 0.15) is 43.5 Å². The lowest BCUT2D eigenvalue weighted by Crippen LogP contribution is -2.15. The van der Waals surface area contributed by atoms with Crippen molar-refractivity contribution in [2.75, 3.05) is 16.0 Å². The molecule has 6 heteroatoms. The van der Waals surface area contributed by atoms with Crippen molar-refractivity contribution < 1.29 is 14.4 Å². The zero-order chi connectivity index (χ0) is 20.1. The highest BCUT2D eigenvalue weighted by molar-refractivity contribution is 6.05. The second kappa shape index (κ2) is 8.69. The smallest absolute Gasteiger partial charge is 0.255 e. The van der Waals surface area contributed by atoms with Crippen molar-refractivity contribution in [2.45, 2.75) is 33.1 Å². The van der Waals surface area contributed by atoms with Gasteiger partial charge in [0.25, 0.3) is 5.91 Å². The molecule has 1 fully saturated rings. The molecule has 0 unspecified atom stereocenters. The minimum atomic E-state index is -0.265. The fourth-order valence-corrected chi connectivity index (χ4v) is 2.75. The summed E-state index contributed by atoms with van der Waals surface area (Å²) in [6, 6.07) is 13.8. The van der Waals surface area contributed by atoms with Crippen molar-refractivity contribution >= 4 is 34.8 Å². The second-order valence-electron chi connectivity index (χ2n) is 7.52. The van der Waals surface area contributed by atoms with Gasteiger partial charge in [0.05, 0.1) is 0 Å². The second-order valence-corrected chi connectivity index (χ2v) is 7.52. The van der Waals surface area contributed by atoms with E-state index >= 15 is 0 Å². The fourth-order valence-electron chi connectivity index (χ4n) is 2.75. The van der Waals surface area contributed by atoms with Crippen LogP contribution in [0.3, 0.4) is 0 Å². The summed E-state index contributed by atoms with van der Waals surface area (Å²) in [6.07, 6.45) is 2.33. The van der Waals surface area contributed by atoms with Gasteiger partial charge in [0, 0.05) is 35.0 Å². The molecule has 0 heterocycles. The lowest BCUT2D eigenvalue weighted by Gasteiger charge is -2.10. The molecule has 0 aromatic heterocycles. The molecule has 0 saturated heterocycles. The summed E-state index contributed by atoms with van der Waals surface area (Å²) in [5.74, 6) is 0.115. The van der Waals surface area contributed by atoms with Gasteiger partial charge in [-0.05, 0) is 61.2 Å². The SMILES string of the molecule is CC(C)CC(=O)Nc1ccc(NC(=O)c2cccc(NC(=O)C3CC3)c2)cc1. The Hall–Kier alpha value is -3.15. The van der Waals surface area contributed by atoms with Gasteiger partial charge in [-0.1, -0.05) is 19.9 Å². The highest BCUT2D eigenvalue weighted by Gasteiger charge is 2.29. The van der Waals surface area contributed by atoms with Gasteiger partial charge < -0.3 is 16.0 Å². The van der Waals surface area contributed by atoms with E-state index in [1.54, 1.807) is 48.5 Å². The molecule has 3 N–H and O–H groups in total. The van der Waals surface area contributed by atoms with Crippen molar-refractivity contribution in [3.05, 3.63) is 54.1 Å². The summed E-state index contributed by atoms with van der Waals surface area (Å²) in [5.41, 5.74) is 2.39. The zero-order valence-electron chi connectivity index (χ0n) is 16.1. The Morgan fingerprint density at radius 3 is 2.14 bits per heavy atom. The number of carbonyl (C=O) groups is 3. The van der Waals surface area contributed by atoms with E-state index in [0.717, 1.165) is 12.8 Å². The summed E-state index contributed by atoms with van der Waals surface area (Å²) < 4.78 is 0. The molecule has 0 atom stereocenters. The van der Waals surface area contributed by atoms with Crippen molar-refractivity contribution in [1.82, 2.24) is 0 Å². The van der Waals surface area contributed by atoms with E-state index in [4.69, 9.17) is 0 Å². The van der Waals surface area contributed by atoms with Gasteiger partial charge >= 0.3 is 0 Å². The number of hydrogen-bond donors (Lipinski definition) is 3. The Labute approximate surface area is 164 Å². The van der Waals surface area contributed by atoms with Crippen molar-refractivity contribution in [3.63, 3.8) is 0 Å². The molecular weight excluding hydrogens is 354 g/mol. The Morgan fingerprint density at radius 1 is 0.893 bits per heavy atom. The van der Waals surface area contributed by atoms with E-state index in [2.05, 4.69) is 16.0 Å². The molecule has 1 aliphatic carbocycles. The first-order valence-corrected chi connectivity index (χ1v) is 9.53. The average Bonchev–Trinajstić information content (AvgIpc) is 3.48. The van der Waals surface area contributed by atoms with Gasteiger partial charge in [-0.3, -0.25) is 14.4 Å². The predicted molar refractivity (Wildman–Crippen MR) is 110 cm³/mol. The fraction of sp³-hybridized carbons (Fsp3) is 0.318. The first-order valence-electron chi connectivity index (χ1n) is 9.53. The molecular formula is C22H25N3O3. The van der Waals surface area contributed by atoms with Gasteiger partial charge in [0.2, 0.25) is 11.8 Å². The van der Waals surface area contributed by atoms with Crippen LogP contribution < -0.4 is 16.0 Å². The van der Waals surface area contributed by atoms with Crippen LogP contribution >= 0.6 is 0 Å². The number of anilines is 3. The topological polar surface area (TPSA) is 87.3 Å². The quantitative estimate of drug-likeness (QED) is 0.671. The van der Waals surface area contributed by atoms with Gasteiger partial charge in [0.1, 0.15) is 0 Å². The third-order valence-electron chi connectivity index (χ3n) is 4.36. The van der Waals surface area contributed by atoms with E-state index in [9.17, 15) is 14.4 Å². The standard InChI is InChI=1S/C22H25N3O3/c1-14(2)12-20(26)23-17-8-10-18(11-9-17)24-22(28)16-4-3-5-19(13-16)25-21(27)15-6-7-15/h3-5,8-11,13-15H,6-7,12H2,1-2H3,(H,23,26)(H,24,28)(H,25,27). The minimum absolute atomic E-state index is 0.00709. The highest BCUT2D eigenvalue weighted by atomic mass is 16.2. The molecule has 6 nitrogen and oxygen atoms in total. The summed E-state index contributed by atoms with van der Waals surface area (Å²) in [7, 11) is 0.